The molecule has 1 heterocycles. The fourth-order valence-electron chi connectivity index (χ4n) is 2.50. The van der Waals surface area contributed by atoms with E-state index in [4.69, 9.17) is 0 Å². The molecule has 1 fully saturated rings. The first-order chi connectivity index (χ1) is 11.3. The average molecular weight is 368 g/mol. The van der Waals surface area contributed by atoms with Crippen molar-refractivity contribution in [3.8, 4) is 0 Å². The molecular weight excluding hydrogens is 348 g/mol. The van der Waals surface area contributed by atoms with Crippen molar-refractivity contribution in [1.82, 2.24) is 5.32 Å². The van der Waals surface area contributed by atoms with Gasteiger partial charge in [-0.3, -0.25) is 9.59 Å². The maximum Gasteiger partial charge on any atom is 0.225 e. The van der Waals surface area contributed by atoms with Crippen LogP contribution in [-0.4, -0.2) is 37.3 Å². The van der Waals surface area contributed by atoms with E-state index in [9.17, 15) is 18.0 Å². The Balaban J connectivity index is 1.73. The minimum absolute atomic E-state index is 0.0476. The summed E-state index contributed by atoms with van der Waals surface area (Å²) in [5.74, 6) is -0.581. The highest BCUT2D eigenvalue weighted by atomic mass is 32.2. The molecule has 24 heavy (non-hydrogen) atoms. The summed E-state index contributed by atoms with van der Waals surface area (Å²) in [6.07, 6.45) is 2.29. The first kappa shape index (κ1) is 17.3. The Morgan fingerprint density at radius 3 is 2.83 bits per heavy atom. The maximum atomic E-state index is 12.5. The molecule has 2 aliphatic rings. The van der Waals surface area contributed by atoms with Crippen molar-refractivity contribution < 1.29 is 18.0 Å². The van der Waals surface area contributed by atoms with Gasteiger partial charge in [0.25, 0.3) is 0 Å². The van der Waals surface area contributed by atoms with E-state index in [-0.39, 0.29) is 40.2 Å². The van der Waals surface area contributed by atoms with E-state index in [1.54, 1.807) is 23.9 Å². The fraction of sp³-hybridized carbons (Fsp3) is 0.500. The highest BCUT2D eigenvalue weighted by molar-refractivity contribution is 8.00. The Bertz CT molecular complexity index is 772. The third-order valence-electron chi connectivity index (χ3n) is 3.93. The van der Waals surface area contributed by atoms with Crippen LogP contribution in [0.5, 0.6) is 0 Å². The highest BCUT2D eigenvalue weighted by Gasteiger charge is 2.25. The molecule has 0 radical (unpaired) electrons. The molecule has 0 unspecified atom stereocenters. The third-order valence-corrected chi connectivity index (χ3v) is 6.82. The van der Waals surface area contributed by atoms with Crippen LogP contribution < -0.4 is 10.6 Å². The molecule has 1 aliphatic carbocycles. The van der Waals surface area contributed by atoms with Crippen LogP contribution in [0.3, 0.4) is 0 Å². The van der Waals surface area contributed by atoms with E-state index in [0.29, 0.717) is 12.1 Å². The summed E-state index contributed by atoms with van der Waals surface area (Å²) in [6.45, 7) is 1.96. The Kier molecular flexibility index (Phi) is 4.87. The maximum absolute atomic E-state index is 12.5. The van der Waals surface area contributed by atoms with Gasteiger partial charge in [0.1, 0.15) is 0 Å². The SMILES string of the molecule is C[C@H]1CC(=O)Nc2cc(S(=O)(=O)CCC(=O)NC3CC3)ccc2S1. The van der Waals surface area contributed by atoms with E-state index >= 15 is 0 Å². The quantitative estimate of drug-likeness (QED) is 0.829. The molecule has 0 bridgehead atoms. The summed E-state index contributed by atoms with van der Waals surface area (Å²) in [5, 5.41) is 5.68. The average Bonchev–Trinajstić information content (AvgIpc) is 3.31. The first-order valence-electron chi connectivity index (χ1n) is 7.96. The molecule has 1 aliphatic heterocycles. The van der Waals surface area contributed by atoms with Gasteiger partial charge in [-0.2, -0.15) is 0 Å². The van der Waals surface area contributed by atoms with E-state index in [0.717, 1.165) is 17.7 Å². The van der Waals surface area contributed by atoms with Crippen LogP contribution in [0.25, 0.3) is 0 Å². The van der Waals surface area contributed by atoms with Crippen LogP contribution in [0.15, 0.2) is 28.0 Å². The lowest BCUT2D eigenvalue weighted by Gasteiger charge is -2.10. The summed E-state index contributed by atoms with van der Waals surface area (Å²) in [6, 6.07) is 4.98. The second-order valence-electron chi connectivity index (χ2n) is 6.25. The lowest BCUT2D eigenvalue weighted by atomic mass is 10.3. The first-order valence-corrected chi connectivity index (χ1v) is 10.5. The molecule has 1 aromatic rings. The van der Waals surface area contributed by atoms with Gasteiger partial charge in [0.15, 0.2) is 9.84 Å². The molecule has 0 saturated heterocycles. The van der Waals surface area contributed by atoms with Crippen LogP contribution in [0.1, 0.15) is 32.6 Å². The van der Waals surface area contributed by atoms with Crippen LogP contribution in [-0.2, 0) is 19.4 Å². The lowest BCUT2D eigenvalue weighted by Crippen LogP contribution is -2.27. The number of rotatable bonds is 5. The molecule has 6 nitrogen and oxygen atoms in total. The monoisotopic (exact) mass is 368 g/mol. The predicted octanol–water partition coefficient (Wildman–Crippen LogP) is 1.95. The van der Waals surface area contributed by atoms with Crippen molar-refractivity contribution in [2.45, 2.75) is 53.7 Å². The number of carbonyl (C=O) groups excluding carboxylic acids is 2. The van der Waals surface area contributed by atoms with Gasteiger partial charge in [-0.1, -0.05) is 6.92 Å². The number of fused-ring (bicyclic) bond motifs is 1. The smallest absolute Gasteiger partial charge is 0.225 e. The van der Waals surface area contributed by atoms with Gasteiger partial charge in [0, 0.05) is 29.0 Å². The molecule has 1 saturated carbocycles. The fourth-order valence-corrected chi connectivity index (χ4v) is 4.81. The Morgan fingerprint density at radius 2 is 2.12 bits per heavy atom. The number of hydrogen-bond donors (Lipinski definition) is 2. The molecule has 130 valence electrons. The van der Waals surface area contributed by atoms with Crippen molar-refractivity contribution in [2.75, 3.05) is 11.1 Å². The minimum atomic E-state index is -3.57. The molecule has 2 amide bonds. The van der Waals surface area contributed by atoms with Crippen molar-refractivity contribution in [3.05, 3.63) is 18.2 Å². The summed E-state index contributed by atoms with van der Waals surface area (Å²) >= 11 is 1.55. The molecule has 0 aromatic heterocycles. The highest BCUT2D eigenvalue weighted by Crippen LogP contribution is 2.36. The van der Waals surface area contributed by atoms with E-state index in [2.05, 4.69) is 10.6 Å². The zero-order valence-corrected chi connectivity index (χ0v) is 15.0. The summed E-state index contributed by atoms with van der Waals surface area (Å²) < 4.78 is 24.9. The van der Waals surface area contributed by atoms with Gasteiger partial charge in [-0.15, -0.1) is 11.8 Å². The summed E-state index contributed by atoms with van der Waals surface area (Å²) in [5.41, 5.74) is 0.526. The number of thioether (sulfide) groups is 1. The predicted molar refractivity (Wildman–Crippen MR) is 92.8 cm³/mol. The Hall–Kier alpha value is -1.54. The van der Waals surface area contributed by atoms with Gasteiger partial charge in [0.05, 0.1) is 16.3 Å². The number of benzene rings is 1. The number of amides is 2. The lowest BCUT2D eigenvalue weighted by molar-refractivity contribution is -0.121. The van der Waals surface area contributed by atoms with Gasteiger partial charge in [-0.25, -0.2) is 8.42 Å². The van der Waals surface area contributed by atoms with Crippen molar-refractivity contribution in [1.29, 1.82) is 0 Å². The van der Waals surface area contributed by atoms with E-state index in [1.165, 1.54) is 6.07 Å². The van der Waals surface area contributed by atoms with Gasteiger partial charge >= 0.3 is 0 Å². The van der Waals surface area contributed by atoms with Crippen LogP contribution >= 0.6 is 11.8 Å². The molecule has 1 aromatic carbocycles. The van der Waals surface area contributed by atoms with E-state index < -0.39 is 9.84 Å². The van der Waals surface area contributed by atoms with Crippen molar-refractivity contribution in [2.24, 2.45) is 0 Å². The van der Waals surface area contributed by atoms with Crippen molar-refractivity contribution >= 4 is 39.1 Å². The summed E-state index contributed by atoms with van der Waals surface area (Å²) in [7, 11) is -3.57. The number of anilines is 1. The second-order valence-corrected chi connectivity index (χ2v) is 9.84. The molecule has 8 heteroatoms. The molecule has 3 rings (SSSR count). The summed E-state index contributed by atoms with van der Waals surface area (Å²) in [4.78, 5) is 24.5. The third kappa shape index (κ3) is 4.30. The topological polar surface area (TPSA) is 92.3 Å². The molecule has 1 atom stereocenters. The van der Waals surface area contributed by atoms with Gasteiger partial charge < -0.3 is 10.6 Å². The van der Waals surface area contributed by atoms with Crippen molar-refractivity contribution in [3.63, 3.8) is 0 Å². The van der Waals surface area contributed by atoms with Gasteiger partial charge in [0.2, 0.25) is 11.8 Å². The Morgan fingerprint density at radius 1 is 1.38 bits per heavy atom. The number of hydrogen-bond acceptors (Lipinski definition) is 5. The number of nitrogens with one attached hydrogen (secondary N) is 2. The van der Waals surface area contributed by atoms with Crippen LogP contribution in [0.2, 0.25) is 0 Å². The molecular formula is C16H20N2O4S2. The second kappa shape index (κ2) is 6.76. The van der Waals surface area contributed by atoms with Crippen LogP contribution in [0.4, 0.5) is 5.69 Å². The zero-order valence-electron chi connectivity index (χ0n) is 13.4. The standard InChI is InChI=1S/C16H20N2O4S2/c1-10-8-16(20)18-13-9-12(4-5-14(13)23-10)24(21,22)7-6-15(19)17-11-2-3-11/h4-5,9-11H,2-3,6-8H2,1H3,(H,17,19)(H,18,20)/t10-/m0/s1. The Labute approximate surface area is 145 Å². The number of sulfone groups is 1. The molecule has 0 spiro atoms. The van der Waals surface area contributed by atoms with Gasteiger partial charge in [-0.05, 0) is 31.0 Å². The minimum Gasteiger partial charge on any atom is -0.353 e. The zero-order chi connectivity index (χ0) is 17.3. The molecule has 2 N–H and O–H groups in total. The normalized spacial score (nSPS) is 20.7. The van der Waals surface area contributed by atoms with E-state index in [1.807, 2.05) is 6.92 Å². The number of carbonyl (C=O) groups is 2. The largest absolute Gasteiger partial charge is 0.353 e. The van der Waals surface area contributed by atoms with Crippen LogP contribution in [0, 0.1) is 0 Å².